The van der Waals surface area contributed by atoms with Crippen LogP contribution in [-0.2, 0) is 11.3 Å². The van der Waals surface area contributed by atoms with Gasteiger partial charge in [0.15, 0.2) is 0 Å². The first-order valence-corrected chi connectivity index (χ1v) is 8.80. The number of hydrogen-bond acceptors (Lipinski definition) is 4. The highest BCUT2D eigenvalue weighted by atomic mass is 35.5. The molecule has 2 aliphatic rings. The fraction of sp³-hybridized carbons (Fsp3) is 0.588. The second-order valence-corrected chi connectivity index (χ2v) is 7.84. The van der Waals surface area contributed by atoms with Crippen LogP contribution in [0.25, 0.3) is 0 Å². The van der Waals surface area contributed by atoms with E-state index in [0.29, 0.717) is 19.5 Å². The van der Waals surface area contributed by atoms with Crippen LogP contribution in [0.2, 0.25) is 0 Å². The van der Waals surface area contributed by atoms with E-state index in [1.807, 2.05) is 23.1 Å². The van der Waals surface area contributed by atoms with Gasteiger partial charge < -0.3 is 14.4 Å². The lowest BCUT2D eigenvalue weighted by molar-refractivity contribution is -0.134. The van der Waals surface area contributed by atoms with Crippen LogP contribution in [0.5, 0.6) is 11.5 Å². The first-order valence-electron chi connectivity index (χ1n) is 8.04. The number of rotatable bonds is 5. The molecule has 0 spiro atoms. The number of carbonyl (C=O) groups excluding carboxylic acids is 1. The van der Waals surface area contributed by atoms with Crippen molar-refractivity contribution in [2.45, 2.75) is 17.3 Å². The number of hydrogen-bond donors (Lipinski definition) is 0. The van der Waals surface area contributed by atoms with Crippen LogP contribution in [0, 0.1) is 5.92 Å². The van der Waals surface area contributed by atoms with Gasteiger partial charge >= 0.3 is 0 Å². The van der Waals surface area contributed by atoms with Crippen molar-refractivity contribution in [1.82, 2.24) is 9.80 Å². The Morgan fingerprint density at radius 3 is 2.42 bits per heavy atom. The van der Waals surface area contributed by atoms with Crippen molar-refractivity contribution in [1.29, 1.82) is 0 Å². The molecule has 1 unspecified atom stereocenters. The molecule has 2 fully saturated rings. The number of carbonyl (C=O) groups is 1. The number of piperazine rings is 1. The van der Waals surface area contributed by atoms with Gasteiger partial charge in [-0.2, -0.15) is 0 Å². The number of nitrogens with zero attached hydrogens (tertiary/aromatic N) is 2. The Morgan fingerprint density at radius 1 is 1.21 bits per heavy atom. The van der Waals surface area contributed by atoms with Gasteiger partial charge in [0.2, 0.25) is 5.91 Å². The fourth-order valence-electron chi connectivity index (χ4n) is 3.07. The highest BCUT2D eigenvalue weighted by molar-refractivity contribution is 6.52. The molecule has 1 amide bonds. The van der Waals surface area contributed by atoms with Crippen LogP contribution >= 0.6 is 23.2 Å². The van der Waals surface area contributed by atoms with Crippen LogP contribution in [-0.4, -0.2) is 60.4 Å². The second kappa shape index (κ2) is 6.98. The van der Waals surface area contributed by atoms with Crippen molar-refractivity contribution < 1.29 is 14.3 Å². The summed E-state index contributed by atoms with van der Waals surface area (Å²) in [6, 6.07) is 5.80. The number of amides is 1. The Kier molecular flexibility index (Phi) is 5.13. The van der Waals surface area contributed by atoms with Crippen LogP contribution in [0.1, 0.15) is 12.0 Å². The number of alkyl halides is 2. The summed E-state index contributed by atoms with van der Waals surface area (Å²) in [7, 11) is 3.32. The molecule has 1 aliphatic heterocycles. The molecule has 1 heterocycles. The lowest BCUT2D eigenvalue weighted by atomic mass is 10.1. The average Bonchev–Trinajstić information content (AvgIpc) is 3.23. The van der Waals surface area contributed by atoms with E-state index in [1.54, 1.807) is 14.2 Å². The van der Waals surface area contributed by atoms with Gasteiger partial charge in [-0.25, -0.2) is 0 Å². The molecule has 1 saturated carbocycles. The zero-order chi connectivity index (χ0) is 17.3. The van der Waals surface area contributed by atoms with Crippen LogP contribution < -0.4 is 9.47 Å². The zero-order valence-corrected chi connectivity index (χ0v) is 15.4. The highest BCUT2D eigenvalue weighted by Gasteiger charge is 2.57. The number of ether oxygens (including phenoxy) is 2. The molecule has 24 heavy (non-hydrogen) atoms. The summed E-state index contributed by atoms with van der Waals surface area (Å²) in [6.45, 7) is 3.80. The molecule has 1 atom stereocenters. The Balaban J connectivity index is 1.57. The van der Waals surface area contributed by atoms with Crippen LogP contribution in [0.3, 0.4) is 0 Å². The predicted octanol–water partition coefficient (Wildman–Crippen LogP) is 2.54. The Morgan fingerprint density at radius 2 is 1.88 bits per heavy atom. The molecule has 1 aromatic rings. The molecule has 0 N–H and O–H groups in total. The maximum absolute atomic E-state index is 12.3. The topological polar surface area (TPSA) is 42.0 Å². The minimum Gasteiger partial charge on any atom is -0.497 e. The molecule has 0 radical (unpaired) electrons. The van der Waals surface area contributed by atoms with Crippen molar-refractivity contribution in [3.8, 4) is 11.5 Å². The van der Waals surface area contributed by atoms with E-state index >= 15 is 0 Å². The van der Waals surface area contributed by atoms with Crippen molar-refractivity contribution in [3.63, 3.8) is 0 Å². The lowest BCUT2D eigenvalue weighted by Gasteiger charge is -2.35. The summed E-state index contributed by atoms with van der Waals surface area (Å²) in [5, 5.41) is 0. The summed E-state index contributed by atoms with van der Waals surface area (Å²) in [5.74, 6) is 1.51. The highest BCUT2D eigenvalue weighted by Crippen LogP contribution is 2.53. The minimum atomic E-state index is -0.845. The predicted molar refractivity (Wildman–Crippen MR) is 93.9 cm³/mol. The van der Waals surface area contributed by atoms with Gasteiger partial charge in [-0.3, -0.25) is 9.69 Å². The molecule has 1 aliphatic carbocycles. The largest absolute Gasteiger partial charge is 0.497 e. The van der Waals surface area contributed by atoms with Crippen molar-refractivity contribution in [3.05, 3.63) is 23.8 Å². The van der Waals surface area contributed by atoms with E-state index in [9.17, 15) is 4.79 Å². The molecule has 3 rings (SSSR count). The molecular weight excluding hydrogens is 351 g/mol. The SMILES string of the molecule is COc1ccc(OC)c(CN2CCN(C(=O)C3CC3(Cl)Cl)CC2)c1. The Hall–Kier alpha value is -1.17. The summed E-state index contributed by atoms with van der Waals surface area (Å²) < 4.78 is 9.88. The van der Waals surface area contributed by atoms with Gasteiger partial charge in [-0.1, -0.05) is 0 Å². The van der Waals surface area contributed by atoms with Crippen molar-refractivity contribution in [2.24, 2.45) is 5.92 Å². The molecule has 132 valence electrons. The van der Waals surface area contributed by atoms with E-state index in [4.69, 9.17) is 32.7 Å². The molecule has 7 heteroatoms. The number of methoxy groups -OCH3 is 2. The van der Waals surface area contributed by atoms with E-state index < -0.39 is 4.33 Å². The second-order valence-electron chi connectivity index (χ2n) is 6.30. The van der Waals surface area contributed by atoms with Gasteiger partial charge in [0, 0.05) is 38.3 Å². The van der Waals surface area contributed by atoms with Crippen LogP contribution in [0.4, 0.5) is 0 Å². The minimum absolute atomic E-state index is 0.0820. The van der Waals surface area contributed by atoms with E-state index in [1.165, 1.54) is 0 Å². The standard InChI is InChI=1S/C17H22Cl2N2O3/c1-23-13-3-4-15(24-2)12(9-13)11-20-5-7-21(8-6-20)16(22)14-10-17(14,18)19/h3-4,9,14H,5-8,10-11H2,1-2H3. The van der Waals surface area contributed by atoms with E-state index in [-0.39, 0.29) is 11.8 Å². The average molecular weight is 373 g/mol. The molecule has 0 bridgehead atoms. The van der Waals surface area contributed by atoms with E-state index in [2.05, 4.69) is 4.90 Å². The van der Waals surface area contributed by atoms with Crippen LogP contribution in [0.15, 0.2) is 18.2 Å². The molecular formula is C17H22Cl2N2O3. The third kappa shape index (κ3) is 3.73. The van der Waals surface area contributed by atoms with Crippen molar-refractivity contribution >= 4 is 29.1 Å². The monoisotopic (exact) mass is 372 g/mol. The summed E-state index contributed by atoms with van der Waals surface area (Å²) in [5.41, 5.74) is 1.08. The Labute approximate surface area is 152 Å². The van der Waals surface area contributed by atoms with E-state index in [0.717, 1.165) is 36.7 Å². The zero-order valence-electron chi connectivity index (χ0n) is 13.9. The number of halogens is 2. The Bertz CT molecular complexity index is 616. The maximum Gasteiger partial charge on any atom is 0.228 e. The van der Waals surface area contributed by atoms with Crippen molar-refractivity contribution in [2.75, 3.05) is 40.4 Å². The summed E-state index contributed by atoms with van der Waals surface area (Å²) in [4.78, 5) is 16.5. The maximum atomic E-state index is 12.3. The molecule has 1 saturated heterocycles. The normalized spacial score (nSPS) is 23.0. The van der Waals surface area contributed by atoms with Gasteiger partial charge in [0.1, 0.15) is 15.8 Å². The smallest absolute Gasteiger partial charge is 0.228 e. The molecule has 1 aromatic carbocycles. The quantitative estimate of drug-likeness (QED) is 0.744. The molecule has 0 aromatic heterocycles. The first-order chi connectivity index (χ1) is 11.4. The van der Waals surface area contributed by atoms with Gasteiger partial charge in [0.05, 0.1) is 20.1 Å². The third-order valence-corrected chi connectivity index (χ3v) is 5.52. The number of benzene rings is 1. The first kappa shape index (κ1) is 17.6. The summed E-state index contributed by atoms with van der Waals surface area (Å²) >= 11 is 12.0. The summed E-state index contributed by atoms with van der Waals surface area (Å²) in [6.07, 6.45) is 0.566. The van der Waals surface area contributed by atoms with Gasteiger partial charge in [-0.05, 0) is 24.6 Å². The lowest BCUT2D eigenvalue weighted by Crippen LogP contribution is -2.49. The van der Waals surface area contributed by atoms with Gasteiger partial charge in [0.25, 0.3) is 0 Å². The molecule has 5 nitrogen and oxygen atoms in total. The van der Waals surface area contributed by atoms with Gasteiger partial charge in [-0.15, -0.1) is 23.2 Å². The third-order valence-electron chi connectivity index (χ3n) is 4.69. The fourth-order valence-corrected chi connectivity index (χ4v) is 3.57.